The second kappa shape index (κ2) is 12.8. The largest absolute Gasteiger partial charge is 0.385 e. The van der Waals surface area contributed by atoms with Gasteiger partial charge < -0.3 is 15.4 Å². The summed E-state index contributed by atoms with van der Waals surface area (Å²) in [7, 11) is 3.52. The molecular weight excluding hydrogens is 362 g/mol. The molecule has 0 aliphatic heterocycles. The van der Waals surface area contributed by atoms with Crippen molar-refractivity contribution in [3.63, 3.8) is 0 Å². The van der Waals surface area contributed by atoms with Crippen LogP contribution in [0.2, 0.25) is 0 Å². The van der Waals surface area contributed by atoms with Crippen LogP contribution in [0.5, 0.6) is 0 Å². The monoisotopic (exact) mass is 387 g/mol. The SMILES string of the molecule is CN=C(NCCCCSc1ccccc1Br)NCCCOC. The number of thioether (sulfide) groups is 1. The predicted octanol–water partition coefficient (Wildman–Crippen LogP) is 3.52. The molecule has 0 saturated carbocycles. The summed E-state index contributed by atoms with van der Waals surface area (Å²) in [5.41, 5.74) is 0. The van der Waals surface area contributed by atoms with Crippen molar-refractivity contribution in [3.05, 3.63) is 28.7 Å². The Morgan fingerprint density at radius 2 is 1.91 bits per heavy atom. The van der Waals surface area contributed by atoms with E-state index >= 15 is 0 Å². The number of rotatable bonds is 10. The first-order valence-electron chi connectivity index (χ1n) is 7.58. The molecule has 0 aromatic heterocycles. The predicted molar refractivity (Wildman–Crippen MR) is 100.0 cm³/mol. The number of ether oxygens (including phenoxy) is 1. The molecule has 0 bridgehead atoms. The molecule has 2 N–H and O–H groups in total. The van der Waals surface area contributed by atoms with Crippen LogP contribution in [0, 0.1) is 0 Å². The van der Waals surface area contributed by atoms with Crippen molar-refractivity contribution in [2.75, 3.05) is 39.6 Å². The maximum absolute atomic E-state index is 5.02. The Balaban J connectivity index is 2.05. The van der Waals surface area contributed by atoms with Gasteiger partial charge in [-0.2, -0.15) is 0 Å². The van der Waals surface area contributed by atoms with E-state index in [1.54, 1.807) is 14.2 Å². The molecule has 0 saturated heterocycles. The lowest BCUT2D eigenvalue weighted by Gasteiger charge is -2.11. The molecule has 1 rings (SSSR count). The van der Waals surface area contributed by atoms with Crippen LogP contribution in [0.3, 0.4) is 0 Å². The van der Waals surface area contributed by atoms with Gasteiger partial charge in [-0.1, -0.05) is 12.1 Å². The molecule has 0 amide bonds. The molecule has 6 heteroatoms. The summed E-state index contributed by atoms with van der Waals surface area (Å²) in [6, 6.07) is 8.36. The Morgan fingerprint density at radius 1 is 1.18 bits per heavy atom. The summed E-state index contributed by atoms with van der Waals surface area (Å²) < 4.78 is 6.20. The van der Waals surface area contributed by atoms with Crippen molar-refractivity contribution >= 4 is 33.7 Å². The molecule has 0 unspecified atom stereocenters. The quantitative estimate of drug-likeness (QED) is 0.279. The number of benzene rings is 1. The zero-order valence-electron chi connectivity index (χ0n) is 13.4. The number of aliphatic imine (C=N–C) groups is 1. The van der Waals surface area contributed by atoms with Crippen LogP contribution < -0.4 is 10.6 Å². The fourth-order valence-electron chi connectivity index (χ4n) is 1.82. The zero-order valence-corrected chi connectivity index (χ0v) is 15.8. The van der Waals surface area contributed by atoms with Gasteiger partial charge in [0.15, 0.2) is 5.96 Å². The minimum atomic E-state index is 0.774. The van der Waals surface area contributed by atoms with Crippen molar-refractivity contribution in [2.24, 2.45) is 4.99 Å². The second-order valence-corrected chi connectivity index (χ2v) is 6.75. The molecule has 22 heavy (non-hydrogen) atoms. The van der Waals surface area contributed by atoms with Crippen molar-refractivity contribution in [1.82, 2.24) is 10.6 Å². The Labute approximate surface area is 146 Å². The Morgan fingerprint density at radius 3 is 2.59 bits per heavy atom. The van der Waals surface area contributed by atoms with Gasteiger partial charge >= 0.3 is 0 Å². The third-order valence-corrected chi connectivity index (χ3v) is 5.11. The number of methoxy groups -OCH3 is 1. The average Bonchev–Trinajstić information content (AvgIpc) is 2.54. The van der Waals surface area contributed by atoms with Crippen LogP contribution >= 0.6 is 27.7 Å². The van der Waals surface area contributed by atoms with Crippen molar-refractivity contribution < 1.29 is 4.74 Å². The summed E-state index contributed by atoms with van der Waals surface area (Å²) in [6.45, 7) is 2.60. The summed E-state index contributed by atoms with van der Waals surface area (Å²) in [5.74, 6) is 2.00. The van der Waals surface area contributed by atoms with E-state index in [0.717, 1.165) is 44.3 Å². The van der Waals surface area contributed by atoms with E-state index in [9.17, 15) is 0 Å². The first-order chi connectivity index (χ1) is 10.8. The normalized spacial score (nSPS) is 11.5. The van der Waals surface area contributed by atoms with Crippen molar-refractivity contribution in [1.29, 1.82) is 0 Å². The van der Waals surface area contributed by atoms with Crippen LogP contribution in [0.1, 0.15) is 19.3 Å². The molecule has 0 aliphatic rings. The topological polar surface area (TPSA) is 45.7 Å². The number of nitrogens with zero attached hydrogens (tertiary/aromatic N) is 1. The van der Waals surface area contributed by atoms with Crippen LogP contribution in [0.15, 0.2) is 38.6 Å². The van der Waals surface area contributed by atoms with Gasteiger partial charge in [0.05, 0.1) is 0 Å². The van der Waals surface area contributed by atoms with E-state index < -0.39 is 0 Å². The number of guanidine groups is 1. The number of nitrogens with one attached hydrogen (secondary N) is 2. The highest BCUT2D eigenvalue weighted by Crippen LogP contribution is 2.27. The minimum Gasteiger partial charge on any atom is -0.385 e. The molecule has 1 aromatic rings. The van der Waals surface area contributed by atoms with Crippen LogP contribution in [0.4, 0.5) is 0 Å². The van der Waals surface area contributed by atoms with Crippen LogP contribution in [-0.2, 0) is 4.74 Å². The highest BCUT2D eigenvalue weighted by Gasteiger charge is 2.00. The second-order valence-electron chi connectivity index (χ2n) is 4.76. The van der Waals surface area contributed by atoms with E-state index in [2.05, 4.69) is 49.8 Å². The standard InChI is InChI=1S/C16H26BrN3OS/c1-18-16(20-11-7-12-21-2)19-10-5-6-13-22-15-9-4-3-8-14(15)17/h3-4,8-9H,5-7,10-13H2,1-2H3,(H2,18,19,20). The lowest BCUT2D eigenvalue weighted by atomic mass is 10.3. The van der Waals surface area contributed by atoms with E-state index in [0.29, 0.717) is 0 Å². The number of hydrogen-bond donors (Lipinski definition) is 2. The zero-order chi connectivity index (χ0) is 16.0. The van der Waals surface area contributed by atoms with E-state index in [1.165, 1.54) is 15.8 Å². The van der Waals surface area contributed by atoms with Gasteiger partial charge in [-0.3, -0.25) is 4.99 Å². The fraction of sp³-hybridized carbons (Fsp3) is 0.562. The molecule has 0 radical (unpaired) electrons. The minimum absolute atomic E-state index is 0.774. The molecule has 0 atom stereocenters. The summed E-state index contributed by atoms with van der Waals surface area (Å²) >= 11 is 5.47. The molecule has 0 heterocycles. The maximum Gasteiger partial charge on any atom is 0.190 e. The van der Waals surface area contributed by atoms with Gasteiger partial charge in [0, 0.05) is 43.2 Å². The lowest BCUT2D eigenvalue weighted by Crippen LogP contribution is -2.38. The number of halogens is 1. The van der Waals surface area contributed by atoms with Crippen molar-refractivity contribution in [2.45, 2.75) is 24.2 Å². The fourth-order valence-corrected chi connectivity index (χ4v) is 3.40. The van der Waals surface area contributed by atoms with Gasteiger partial charge in [-0.25, -0.2) is 0 Å². The number of unbranched alkanes of at least 4 members (excludes halogenated alkanes) is 1. The maximum atomic E-state index is 5.02. The van der Waals surface area contributed by atoms with E-state index in [1.807, 2.05) is 17.8 Å². The smallest absolute Gasteiger partial charge is 0.190 e. The van der Waals surface area contributed by atoms with E-state index in [4.69, 9.17) is 4.74 Å². The summed E-state index contributed by atoms with van der Waals surface area (Å²) in [5, 5.41) is 6.61. The van der Waals surface area contributed by atoms with Crippen LogP contribution in [-0.4, -0.2) is 45.6 Å². The Hall–Kier alpha value is -0.720. The molecule has 0 spiro atoms. The number of hydrogen-bond acceptors (Lipinski definition) is 3. The van der Waals surface area contributed by atoms with Gasteiger partial charge in [0.1, 0.15) is 0 Å². The summed E-state index contributed by atoms with van der Waals surface area (Å²) in [4.78, 5) is 5.52. The van der Waals surface area contributed by atoms with Gasteiger partial charge in [0.2, 0.25) is 0 Å². The lowest BCUT2D eigenvalue weighted by molar-refractivity contribution is 0.195. The third kappa shape index (κ3) is 8.66. The molecule has 0 fully saturated rings. The van der Waals surface area contributed by atoms with Gasteiger partial charge in [-0.05, 0) is 53.1 Å². The molecule has 124 valence electrons. The van der Waals surface area contributed by atoms with Gasteiger partial charge in [0.25, 0.3) is 0 Å². The average molecular weight is 388 g/mol. The summed E-state index contributed by atoms with van der Waals surface area (Å²) in [6.07, 6.45) is 3.30. The molecule has 1 aromatic carbocycles. The Bertz CT molecular complexity index is 443. The Kier molecular flexibility index (Phi) is 11.2. The highest BCUT2D eigenvalue weighted by atomic mass is 79.9. The first kappa shape index (κ1) is 19.3. The molecular formula is C16H26BrN3OS. The van der Waals surface area contributed by atoms with Gasteiger partial charge in [-0.15, -0.1) is 11.8 Å². The van der Waals surface area contributed by atoms with Crippen LogP contribution in [0.25, 0.3) is 0 Å². The van der Waals surface area contributed by atoms with E-state index in [-0.39, 0.29) is 0 Å². The molecule has 4 nitrogen and oxygen atoms in total. The highest BCUT2D eigenvalue weighted by molar-refractivity contribution is 9.10. The third-order valence-electron chi connectivity index (χ3n) is 3.00. The molecule has 0 aliphatic carbocycles. The van der Waals surface area contributed by atoms with Crippen molar-refractivity contribution in [3.8, 4) is 0 Å². The first-order valence-corrected chi connectivity index (χ1v) is 9.36.